The zero-order chi connectivity index (χ0) is 12.4. The second kappa shape index (κ2) is 8.72. The van der Waals surface area contributed by atoms with Gasteiger partial charge < -0.3 is 19.9 Å². The van der Waals surface area contributed by atoms with Gasteiger partial charge in [0.1, 0.15) is 0 Å². The number of nitrogens with one attached hydrogen (secondary N) is 1. The van der Waals surface area contributed by atoms with Crippen LogP contribution in [0.15, 0.2) is 12.3 Å². The van der Waals surface area contributed by atoms with Gasteiger partial charge in [0.25, 0.3) is 0 Å². The van der Waals surface area contributed by atoms with Crippen LogP contribution in [0, 0.1) is 0 Å². The molecule has 0 radical (unpaired) electrons. The molecule has 0 bridgehead atoms. The number of aliphatic hydroxyl groups is 1. The van der Waals surface area contributed by atoms with E-state index in [1.807, 2.05) is 0 Å². The van der Waals surface area contributed by atoms with Crippen LogP contribution in [-0.2, 0) is 14.3 Å². The third-order valence-corrected chi connectivity index (χ3v) is 1.42. The zero-order valence-electron chi connectivity index (χ0n) is 9.32. The van der Waals surface area contributed by atoms with Gasteiger partial charge in [-0.1, -0.05) is 6.58 Å². The highest BCUT2D eigenvalue weighted by Gasteiger charge is 2.05. The van der Waals surface area contributed by atoms with Crippen LogP contribution in [0.2, 0.25) is 0 Å². The Bertz CT molecular complexity index is 252. The van der Waals surface area contributed by atoms with Crippen molar-refractivity contribution in [2.75, 3.05) is 19.8 Å². The Hall–Kier alpha value is -1.56. The molecule has 0 spiro atoms. The van der Waals surface area contributed by atoms with E-state index < -0.39 is 12.1 Å². The van der Waals surface area contributed by atoms with Crippen molar-refractivity contribution >= 4 is 12.1 Å². The maximum Gasteiger partial charge on any atom is 0.407 e. The van der Waals surface area contributed by atoms with Crippen LogP contribution in [0.5, 0.6) is 0 Å². The van der Waals surface area contributed by atoms with Crippen molar-refractivity contribution in [1.82, 2.24) is 5.32 Å². The first-order chi connectivity index (χ1) is 7.56. The average molecular weight is 231 g/mol. The third-order valence-electron chi connectivity index (χ3n) is 1.42. The fraction of sp³-hybridized carbons (Fsp3) is 0.600. The fourth-order valence-corrected chi connectivity index (χ4v) is 0.792. The van der Waals surface area contributed by atoms with Gasteiger partial charge in [0.05, 0.1) is 18.8 Å². The largest absolute Gasteiger partial charge is 0.449 e. The van der Waals surface area contributed by atoms with Crippen LogP contribution < -0.4 is 5.32 Å². The number of aliphatic hydroxyl groups excluding tert-OH is 1. The molecular formula is C10H17NO5. The molecule has 0 saturated heterocycles. The van der Waals surface area contributed by atoms with Gasteiger partial charge in [-0.2, -0.15) is 0 Å². The number of carbonyl (C=O) groups is 2. The molecule has 0 aliphatic carbocycles. The van der Waals surface area contributed by atoms with Crippen LogP contribution in [0.25, 0.3) is 0 Å². The predicted octanol–water partition coefficient (Wildman–Crippen LogP) is 0.562. The number of amides is 1. The monoisotopic (exact) mass is 231 g/mol. The summed E-state index contributed by atoms with van der Waals surface area (Å²) in [7, 11) is 0. The van der Waals surface area contributed by atoms with E-state index in [-0.39, 0.29) is 26.2 Å². The second-order valence-electron chi connectivity index (χ2n) is 3.07. The summed E-state index contributed by atoms with van der Waals surface area (Å²) in [5.74, 6) is -0.140. The number of ether oxygens (including phenoxy) is 2. The molecule has 2 N–H and O–H groups in total. The molecule has 0 aromatic heterocycles. The minimum Gasteiger partial charge on any atom is -0.449 e. The molecule has 92 valence electrons. The lowest BCUT2D eigenvalue weighted by molar-refractivity contribution is -0.139. The molecule has 0 fully saturated rings. The highest BCUT2D eigenvalue weighted by Crippen LogP contribution is 1.94. The van der Waals surface area contributed by atoms with Crippen molar-refractivity contribution in [3.8, 4) is 0 Å². The van der Waals surface area contributed by atoms with Crippen LogP contribution in [0.1, 0.15) is 19.8 Å². The molecule has 6 heteroatoms. The number of alkyl carbamates (subject to hydrolysis) is 1. The summed E-state index contributed by atoms with van der Waals surface area (Å²) in [5, 5.41) is 10.8. The Labute approximate surface area is 94.2 Å². The first-order valence-electron chi connectivity index (χ1n) is 4.94. The van der Waals surface area contributed by atoms with Gasteiger partial charge in [-0.3, -0.25) is 4.79 Å². The topological polar surface area (TPSA) is 84.9 Å². The first-order valence-corrected chi connectivity index (χ1v) is 4.94. The SMILES string of the molecule is C=C(C)OC(=O)CCNC(=O)OCCCO. The molecule has 1 amide bonds. The van der Waals surface area contributed by atoms with Crippen molar-refractivity contribution in [3.05, 3.63) is 12.3 Å². The summed E-state index contributed by atoms with van der Waals surface area (Å²) in [6, 6.07) is 0. The number of hydrogen-bond donors (Lipinski definition) is 2. The minimum absolute atomic E-state index is 0.0295. The van der Waals surface area contributed by atoms with E-state index >= 15 is 0 Å². The van der Waals surface area contributed by atoms with Gasteiger partial charge in [-0.05, 0) is 6.92 Å². The van der Waals surface area contributed by atoms with Crippen molar-refractivity contribution in [3.63, 3.8) is 0 Å². The summed E-state index contributed by atoms with van der Waals surface area (Å²) in [4.78, 5) is 21.9. The van der Waals surface area contributed by atoms with Gasteiger partial charge in [0, 0.05) is 19.6 Å². The molecule has 0 aromatic carbocycles. The first kappa shape index (κ1) is 14.4. The van der Waals surface area contributed by atoms with E-state index in [0.29, 0.717) is 12.2 Å². The molecule has 0 unspecified atom stereocenters. The van der Waals surface area contributed by atoms with E-state index in [9.17, 15) is 9.59 Å². The lowest BCUT2D eigenvalue weighted by Crippen LogP contribution is -2.27. The lowest BCUT2D eigenvalue weighted by Gasteiger charge is -2.06. The van der Waals surface area contributed by atoms with E-state index in [1.165, 1.54) is 0 Å². The minimum atomic E-state index is -0.614. The van der Waals surface area contributed by atoms with Crippen molar-refractivity contribution < 1.29 is 24.2 Å². The molecule has 0 atom stereocenters. The molecule has 0 aromatic rings. The lowest BCUT2D eigenvalue weighted by atomic mass is 10.4. The number of carbonyl (C=O) groups excluding carboxylic acids is 2. The Morgan fingerprint density at radius 3 is 2.69 bits per heavy atom. The molecule has 16 heavy (non-hydrogen) atoms. The molecule has 0 heterocycles. The third kappa shape index (κ3) is 9.01. The predicted molar refractivity (Wildman–Crippen MR) is 56.6 cm³/mol. The number of hydrogen-bond acceptors (Lipinski definition) is 5. The van der Waals surface area contributed by atoms with E-state index in [2.05, 4.69) is 21.4 Å². The maximum atomic E-state index is 11.0. The summed E-state index contributed by atoms with van der Waals surface area (Å²) in [6.45, 7) is 5.24. The van der Waals surface area contributed by atoms with Crippen LogP contribution in [0.4, 0.5) is 4.79 Å². The molecule has 0 saturated carbocycles. The summed E-state index contributed by atoms with van der Waals surface area (Å²) < 4.78 is 9.34. The Morgan fingerprint density at radius 1 is 1.44 bits per heavy atom. The Morgan fingerprint density at radius 2 is 2.12 bits per heavy atom. The average Bonchev–Trinajstić information content (AvgIpc) is 2.17. The quantitative estimate of drug-likeness (QED) is 0.380. The van der Waals surface area contributed by atoms with Crippen molar-refractivity contribution in [2.24, 2.45) is 0 Å². The number of esters is 1. The van der Waals surface area contributed by atoms with Crippen LogP contribution >= 0.6 is 0 Å². The van der Waals surface area contributed by atoms with E-state index in [0.717, 1.165) is 0 Å². The van der Waals surface area contributed by atoms with E-state index in [1.54, 1.807) is 6.92 Å². The highest BCUT2D eigenvalue weighted by atomic mass is 16.5. The maximum absolute atomic E-state index is 11.0. The molecule has 6 nitrogen and oxygen atoms in total. The van der Waals surface area contributed by atoms with Crippen LogP contribution in [-0.4, -0.2) is 36.9 Å². The summed E-state index contributed by atoms with van der Waals surface area (Å²) in [5.41, 5.74) is 0. The molecular weight excluding hydrogens is 214 g/mol. The van der Waals surface area contributed by atoms with E-state index in [4.69, 9.17) is 5.11 Å². The number of allylic oxidation sites excluding steroid dienone is 1. The smallest absolute Gasteiger partial charge is 0.407 e. The fourth-order valence-electron chi connectivity index (χ4n) is 0.792. The standard InChI is InChI=1S/C10H17NO5/c1-8(2)16-9(13)4-5-11-10(14)15-7-3-6-12/h12H,1,3-7H2,2H3,(H,11,14). The zero-order valence-corrected chi connectivity index (χ0v) is 9.32. The molecule has 0 aliphatic rings. The van der Waals surface area contributed by atoms with Crippen molar-refractivity contribution in [2.45, 2.75) is 19.8 Å². The second-order valence-corrected chi connectivity index (χ2v) is 3.07. The number of rotatable bonds is 7. The van der Waals surface area contributed by atoms with Gasteiger partial charge in [0.15, 0.2) is 0 Å². The van der Waals surface area contributed by atoms with Gasteiger partial charge in [-0.15, -0.1) is 0 Å². The normalized spacial score (nSPS) is 9.38. The molecule has 0 aliphatic heterocycles. The van der Waals surface area contributed by atoms with Gasteiger partial charge in [-0.25, -0.2) is 4.79 Å². The van der Waals surface area contributed by atoms with Gasteiger partial charge >= 0.3 is 12.1 Å². The summed E-state index contributed by atoms with van der Waals surface area (Å²) >= 11 is 0. The highest BCUT2D eigenvalue weighted by molar-refractivity contribution is 5.72. The van der Waals surface area contributed by atoms with Gasteiger partial charge in [0.2, 0.25) is 0 Å². The Balaban J connectivity index is 3.46. The summed E-state index contributed by atoms with van der Waals surface area (Å²) in [6.07, 6.45) is -0.163. The Kier molecular flexibility index (Phi) is 7.87. The van der Waals surface area contributed by atoms with Crippen molar-refractivity contribution in [1.29, 1.82) is 0 Å². The van der Waals surface area contributed by atoms with Crippen LogP contribution in [0.3, 0.4) is 0 Å². The molecule has 0 rings (SSSR count).